The first-order valence-electron chi connectivity index (χ1n) is 10.6. The molecule has 0 radical (unpaired) electrons. The lowest BCUT2D eigenvalue weighted by molar-refractivity contribution is -0.384. The van der Waals surface area contributed by atoms with E-state index < -0.39 is 14.9 Å². The molecule has 1 aliphatic heterocycles. The lowest BCUT2D eigenvalue weighted by atomic mass is 10.0. The third-order valence-corrected chi connectivity index (χ3v) is 7.09. The summed E-state index contributed by atoms with van der Waals surface area (Å²) < 4.78 is 32.6. The van der Waals surface area contributed by atoms with Gasteiger partial charge in [-0.3, -0.25) is 15.0 Å². The van der Waals surface area contributed by atoms with Gasteiger partial charge in [0, 0.05) is 18.7 Å². The van der Waals surface area contributed by atoms with Crippen molar-refractivity contribution in [3.63, 3.8) is 0 Å². The quantitative estimate of drug-likeness (QED) is 0.410. The van der Waals surface area contributed by atoms with Gasteiger partial charge >= 0.3 is 0 Å². The number of hydrogen-bond donors (Lipinski definition) is 2. The average molecular weight is 463 g/mol. The minimum Gasteiger partial charge on any atom is -0.497 e. The van der Waals surface area contributed by atoms with Gasteiger partial charge in [0.05, 0.1) is 23.0 Å². The predicted octanol–water partition coefficient (Wildman–Crippen LogP) is 3.54. The van der Waals surface area contributed by atoms with Crippen LogP contribution < -0.4 is 14.8 Å². The molecule has 1 saturated heterocycles. The molecule has 32 heavy (non-hydrogen) atoms. The Morgan fingerprint density at radius 2 is 1.78 bits per heavy atom. The van der Waals surface area contributed by atoms with Crippen LogP contribution in [0.4, 0.5) is 11.4 Å². The van der Waals surface area contributed by atoms with Crippen molar-refractivity contribution < 1.29 is 18.1 Å². The smallest absolute Gasteiger partial charge is 0.293 e. The number of hydrogen-bond acceptors (Lipinski definition) is 7. The summed E-state index contributed by atoms with van der Waals surface area (Å²) in [6, 6.07) is 11.5. The second-order valence-corrected chi connectivity index (χ2v) is 9.84. The molecule has 0 amide bonds. The molecule has 1 atom stereocenters. The maximum Gasteiger partial charge on any atom is 0.293 e. The van der Waals surface area contributed by atoms with E-state index in [9.17, 15) is 18.5 Å². The van der Waals surface area contributed by atoms with Crippen molar-refractivity contribution in [3.05, 3.63) is 58.1 Å². The summed E-state index contributed by atoms with van der Waals surface area (Å²) >= 11 is 0. The zero-order chi connectivity index (χ0) is 23.3. The number of anilines is 1. The van der Waals surface area contributed by atoms with Crippen LogP contribution in [0.3, 0.4) is 0 Å². The molecular formula is C22H30N4O5S. The Balaban J connectivity index is 1.85. The monoisotopic (exact) mass is 462 g/mol. The molecule has 9 nitrogen and oxygen atoms in total. The SMILES string of the molecule is COc1ccc(C(CNc2ccc(S(=O)(=O)NC(C)C)cc2[N+](=O)[O-])N2CCCC2)cc1. The number of sulfonamides is 1. The molecule has 10 heteroatoms. The Morgan fingerprint density at radius 3 is 2.34 bits per heavy atom. The van der Waals surface area contributed by atoms with E-state index in [4.69, 9.17) is 4.74 Å². The van der Waals surface area contributed by atoms with Gasteiger partial charge in [0.25, 0.3) is 5.69 Å². The zero-order valence-corrected chi connectivity index (χ0v) is 19.4. The highest BCUT2D eigenvalue weighted by atomic mass is 32.2. The number of nitrogens with zero attached hydrogens (tertiary/aromatic N) is 2. The average Bonchev–Trinajstić information content (AvgIpc) is 3.28. The highest BCUT2D eigenvalue weighted by molar-refractivity contribution is 7.89. The van der Waals surface area contributed by atoms with Crippen molar-refractivity contribution in [2.45, 2.75) is 43.7 Å². The molecule has 0 aliphatic carbocycles. The fourth-order valence-electron chi connectivity index (χ4n) is 3.90. The number of ether oxygens (including phenoxy) is 1. The van der Waals surface area contributed by atoms with Gasteiger partial charge in [-0.15, -0.1) is 0 Å². The van der Waals surface area contributed by atoms with Crippen molar-refractivity contribution >= 4 is 21.4 Å². The summed E-state index contributed by atoms with van der Waals surface area (Å²) in [5.41, 5.74) is 1.10. The molecule has 1 unspecified atom stereocenters. The molecule has 2 N–H and O–H groups in total. The molecule has 1 heterocycles. The lowest BCUT2D eigenvalue weighted by Crippen LogP contribution is -2.31. The van der Waals surface area contributed by atoms with Crippen LogP contribution >= 0.6 is 0 Å². The summed E-state index contributed by atoms with van der Waals surface area (Å²) in [4.78, 5) is 13.4. The highest BCUT2D eigenvalue weighted by Crippen LogP contribution is 2.31. The number of rotatable bonds is 10. The van der Waals surface area contributed by atoms with Crippen molar-refractivity contribution in [2.75, 3.05) is 32.1 Å². The summed E-state index contributed by atoms with van der Waals surface area (Å²) in [5.74, 6) is 0.768. The molecule has 0 aromatic heterocycles. The van der Waals surface area contributed by atoms with Gasteiger partial charge in [-0.25, -0.2) is 13.1 Å². The Labute approximate surface area is 189 Å². The van der Waals surface area contributed by atoms with Crippen LogP contribution in [0, 0.1) is 10.1 Å². The molecule has 0 spiro atoms. The maximum absolute atomic E-state index is 12.4. The van der Waals surface area contributed by atoms with Gasteiger partial charge < -0.3 is 10.1 Å². The molecule has 2 aromatic rings. The van der Waals surface area contributed by atoms with Crippen LogP contribution in [0.2, 0.25) is 0 Å². The lowest BCUT2D eigenvalue weighted by Gasteiger charge is -2.28. The highest BCUT2D eigenvalue weighted by Gasteiger charge is 2.26. The van der Waals surface area contributed by atoms with Crippen LogP contribution in [0.25, 0.3) is 0 Å². The molecule has 0 saturated carbocycles. The third kappa shape index (κ3) is 5.76. The standard InChI is InChI=1S/C22H30N4O5S/c1-16(2)24-32(29,30)19-10-11-20(21(14-19)26(27)28)23-15-22(25-12-4-5-13-25)17-6-8-18(31-3)9-7-17/h6-11,14,16,22-24H,4-5,12-13,15H2,1-3H3. The van der Waals surface area contributed by atoms with Gasteiger partial charge in [-0.05, 0) is 69.6 Å². The van der Waals surface area contributed by atoms with Crippen molar-refractivity contribution in [2.24, 2.45) is 0 Å². The van der Waals surface area contributed by atoms with Crippen LogP contribution in [-0.2, 0) is 10.0 Å². The number of nitrogens with one attached hydrogen (secondary N) is 2. The largest absolute Gasteiger partial charge is 0.497 e. The van der Waals surface area contributed by atoms with E-state index in [1.165, 1.54) is 12.1 Å². The first-order chi connectivity index (χ1) is 15.2. The van der Waals surface area contributed by atoms with E-state index >= 15 is 0 Å². The fourth-order valence-corrected chi connectivity index (χ4v) is 5.17. The fraction of sp³-hybridized carbons (Fsp3) is 0.455. The van der Waals surface area contributed by atoms with E-state index in [1.807, 2.05) is 24.3 Å². The van der Waals surface area contributed by atoms with E-state index in [0.29, 0.717) is 6.54 Å². The Kier molecular flexibility index (Phi) is 7.70. The molecule has 2 aromatic carbocycles. The number of likely N-dealkylation sites (tertiary alicyclic amines) is 1. The van der Waals surface area contributed by atoms with Crippen LogP contribution in [0.5, 0.6) is 5.75 Å². The van der Waals surface area contributed by atoms with Crippen LogP contribution in [0.1, 0.15) is 38.3 Å². The van der Waals surface area contributed by atoms with Crippen LogP contribution in [0.15, 0.2) is 47.4 Å². The van der Waals surface area contributed by atoms with E-state index in [1.54, 1.807) is 21.0 Å². The van der Waals surface area contributed by atoms with Crippen molar-refractivity contribution in [1.82, 2.24) is 9.62 Å². The Bertz CT molecular complexity index is 1030. The topological polar surface area (TPSA) is 114 Å². The van der Waals surface area contributed by atoms with Gasteiger partial charge in [-0.1, -0.05) is 12.1 Å². The summed E-state index contributed by atoms with van der Waals surface area (Å²) in [6.07, 6.45) is 2.23. The Morgan fingerprint density at radius 1 is 1.12 bits per heavy atom. The van der Waals surface area contributed by atoms with Gasteiger partial charge in [0.2, 0.25) is 10.0 Å². The number of benzene rings is 2. The second-order valence-electron chi connectivity index (χ2n) is 8.12. The maximum atomic E-state index is 12.4. The predicted molar refractivity (Wildman–Crippen MR) is 124 cm³/mol. The minimum atomic E-state index is -3.83. The molecule has 1 aliphatic rings. The number of nitro groups is 1. The van der Waals surface area contributed by atoms with E-state index in [0.717, 1.165) is 43.3 Å². The Hall–Kier alpha value is -2.69. The minimum absolute atomic E-state index is 0.0222. The van der Waals surface area contributed by atoms with Gasteiger partial charge in [-0.2, -0.15) is 0 Å². The van der Waals surface area contributed by atoms with Crippen LogP contribution in [-0.4, -0.2) is 51.0 Å². The number of nitro benzene ring substituents is 1. The van der Waals surface area contributed by atoms with Crippen molar-refractivity contribution in [3.8, 4) is 5.75 Å². The molecule has 1 fully saturated rings. The first-order valence-corrected chi connectivity index (χ1v) is 12.1. The zero-order valence-electron chi connectivity index (χ0n) is 18.6. The third-order valence-electron chi connectivity index (χ3n) is 5.43. The molecule has 174 valence electrons. The van der Waals surface area contributed by atoms with Crippen molar-refractivity contribution in [1.29, 1.82) is 0 Å². The van der Waals surface area contributed by atoms with Gasteiger partial charge in [0.1, 0.15) is 11.4 Å². The molecule has 3 rings (SSSR count). The summed E-state index contributed by atoms with van der Waals surface area (Å²) in [5, 5.41) is 14.9. The van der Waals surface area contributed by atoms with E-state index in [-0.39, 0.29) is 28.4 Å². The first kappa shape index (κ1) is 24.0. The van der Waals surface area contributed by atoms with E-state index in [2.05, 4.69) is 14.9 Å². The summed E-state index contributed by atoms with van der Waals surface area (Å²) in [6.45, 7) is 5.75. The molecular weight excluding hydrogens is 432 g/mol. The summed E-state index contributed by atoms with van der Waals surface area (Å²) in [7, 11) is -2.21. The second kappa shape index (κ2) is 10.3. The van der Waals surface area contributed by atoms with Gasteiger partial charge in [0.15, 0.2) is 0 Å². The molecule has 0 bridgehead atoms. The normalized spacial score (nSPS) is 15.6. The number of methoxy groups -OCH3 is 1.